The van der Waals surface area contributed by atoms with Gasteiger partial charge in [0.25, 0.3) is 0 Å². The van der Waals surface area contributed by atoms with E-state index in [0.29, 0.717) is 5.02 Å². The van der Waals surface area contributed by atoms with Gasteiger partial charge in [0.05, 0.1) is 0 Å². The molecule has 0 saturated carbocycles. The fourth-order valence-corrected chi connectivity index (χ4v) is 2.10. The molecule has 2 rings (SSSR count). The van der Waals surface area contributed by atoms with E-state index in [-0.39, 0.29) is 6.42 Å². The molecule has 0 aliphatic carbocycles. The van der Waals surface area contributed by atoms with Gasteiger partial charge < -0.3 is 15.8 Å². The Bertz CT molecular complexity index is 577. The predicted octanol–water partition coefficient (Wildman–Crippen LogP) is 2.08. The number of H-pyrrole nitrogens is 1. The average Bonchev–Trinajstić information content (AvgIpc) is 2.67. The summed E-state index contributed by atoms with van der Waals surface area (Å²) in [6.45, 7) is 1.91. The summed E-state index contributed by atoms with van der Waals surface area (Å²) in [4.78, 5) is 13.8. The van der Waals surface area contributed by atoms with E-state index in [1.165, 1.54) is 0 Å². The average molecular weight is 253 g/mol. The van der Waals surface area contributed by atoms with Crippen LogP contribution in [0.2, 0.25) is 5.02 Å². The number of benzene rings is 1. The lowest BCUT2D eigenvalue weighted by molar-refractivity contribution is -0.138. The quantitative estimate of drug-likeness (QED) is 0.783. The first-order chi connectivity index (χ1) is 8.00. The number of nitrogens with two attached hydrogens (primary N) is 1. The molecule has 0 radical (unpaired) electrons. The van der Waals surface area contributed by atoms with Gasteiger partial charge in [-0.2, -0.15) is 0 Å². The molecule has 17 heavy (non-hydrogen) atoms. The predicted molar refractivity (Wildman–Crippen MR) is 67.4 cm³/mol. The zero-order valence-corrected chi connectivity index (χ0v) is 10.1. The van der Waals surface area contributed by atoms with E-state index in [1.54, 1.807) is 6.20 Å². The van der Waals surface area contributed by atoms with Gasteiger partial charge in [-0.15, -0.1) is 0 Å². The molecule has 4 nitrogen and oxygen atoms in total. The van der Waals surface area contributed by atoms with E-state index in [2.05, 4.69) is 4.98 Å². The second-order valence-electron chi connectivity index (χ2n) is 4.06. The highest BCUT2D eigenvalue weighted by atomic mass is 35.5. The molecule has 1 aromatic carbocycles. The number of aromatic nitrogens is 1. The van der Waals surface area contributed by atoms with Crippen LogP contribution in [0.5, 0.6) is 0 Å². The highest BCUT2D eigenvalue weighted by Crippen LogP contribution is 2.28. The molecule has 0 amide bonds. The lowest BCUT2D eigenvalue weighted by Gasteiger charge is -2.07. The Morgan fingerprint density at radius 1 is 1.59 bits per heavy atom. The van der Waals surface area contributed by atoms with Crippen LogP contribution in [0, 0.1) is 6.92 Å². The maximum atomic E-state index is 10.8. The van der Waals surface area contributed by atoms with Crippen LogP contribution in [0.15, 0.2) is 18.3 Å². The molecule has 0 saturated heterocycles. The molecule has 0 spiro atoms. The minimum absolute atomic E-state index is 0.288. The van der Waals surface area contributed by atoms with E-state index in [9.17, 15) is 4.79 Å². The van der Waals surface area contributed by atoms with Crippen molar-refractivity contribution >= 4 is 28.5 Å². The number of hydrogen-bond donors (Lipinski definition) is 3. The van der Waals surface area contributed by atoms with Crippen LogP contribution in [-0.4, -0.2) is 22.1 Å². The highest BCUT2D eigenvalue weighted by molar-refractivity contribution is 6.32. The standard InChI is InChI=1S/C12H13ClN2O2/c1-6-8(13)2-3-10-11(6)7(5-15-10)4-9(14)12(16)17/h2-3,5,9,15H,4,14H2,1H3,(H,16,17)/t9-/m0/s1. The van der Waals surface area contributed by atoms with Crippen LogP contribution in [-0.2, 0) is 11.2 Å². The monoisotopic (exact) mass is 252 g/mol. The normalized spacial score (nSPS) is 12.9. The molecule has 0 aliphatic rings. The molecule has 4 N–H and O–H groups in total. The Morgan fingerprint density at radius 2 is 2.29 bits per heavy atom. The van der Waals surface area contributed by atoms with Crippen molar-refractivity contribution in [3.05, 3.63) is 34.5 Å². The molecule has 0 unspecified atom stereocenters. The van der Waals surface area contributed by atoms with E-state index in [4.69, 9.17) is 22.4 Å². The number of rotatable bonds is 3. The van der Waals surface area contributed by atoms with E-state index in [1.807, 2.05) is 19.1 Å². The summed E-state index contributed by atoms with van der Waals surface area (Å²) in [5.41, 5.74) is 8.31. The molecule has 1 aromatic heterocycles. The number of halogens is 1. The van der Waals surface area contributed by atoms with Crippen molar-refractivity contribution in [3.8, 4) is 0 Å². The fourth-order valence-electron chi connectivity index (χ4n) is 1.94. The number of aromatic amines is 1. The first-order valence-electron chi connectivity index (χ1n) is 5.24. The Morgan fingerprint density at radius 3 is 2.94 bits per heavy atom. The molecule has 90 valence electrons. The number of aliphatic carboxylic acids is 1. The zero-order valence-electron chi connectivity index (χ0n) is 9.33. The summed E-state index contributed by atoms with van der Waals surface area (Å²) in [6.07, 6.45) is 2.08. The van der Waals surface area contributed by atoms with Gasteiger partial charge in [-0.25, -0.2) is 0 Å². The van der Waals surface area contributed by atoms with Gasteiger partial charge in [0.15, 0.2) is 0 Å². The van der Waals surface area contributed by atoms with Gasteiger partial charge in [0.1, 0.15) is 6.04 Å². The van der Waals surface area contributed by atoms with E-state index >= 15 is 0 Å². The molecular weight excluding hydrogens is 240 g/mol. The second kappa shape index (κ2) is 4.39. The van der Waals surface area contributed by atoms with Crippen molar-refractivity contribution in [2.45, 2.75) is 19.4 Å². The van der Waals surface area contributed by atoms with Crippen LogP contribution >= 0.6 is 11.6 Å². The minimum atomic E-state index is -1.00. The van der Waals surface area contributed by atoms with Crippen molar-refractivity contribution in [2.75, 3.05) is 0 Å². The van der Waals surface area contributed by atoms with Crippen molar-refractivity contribution in [3.63, 3.8) is 0 Å². The number of aryl methyl sites for hydroxylation is 1. The lowest BCUT2D eigenvalue weighted by Crippen LogP contribution is -2.32. The van der Waals surface area contributed by atoms with Gasteiger partial charge in [-0.05, 0) is 30.2 Å². The second-order valence-corrected chi connectivity index (χ2v) is 4.46. The summed E-state index contributed by atoms with van der Waals surface area (Å²) < 4.78 is 0. The van der Waals surface area contributed by atoms with Gasteiger partial charge in [0, 0.05) is 28.5 Å². The SMILES string of the molecule is Cc1c(Cl)ccc2[nH]cc(C[C@H](N)C(=O)O)c12. The number of fused-ring (bicyclic) bond motifs is 1. The molecular formula is C12H13ClN2O2. The third kappa shape index (κ3) is 2.14. The number of carboxylic acid groups (broad SMARTS) is 1. The largest absolute Gasteiger partial charge is 0.480 e. The maximum Gasteiger partial charge on any atom is 0.320 e. The van der Waals surface area contributed by atoms with Crippen LogP contribution in [0.25, 0.3) is 10.9 Å². The summed E-state index contributed by atoms with van der Waals surface area (Å²) in [5.74, 6) is -1.00. The van der Waals surface area contributed by atoms with E-state index in [0.717, 1.165) is 22.0 Å². The molecule has 5 heteroatoms. The van der Waals surface area contributed by atoms with Crippen LogP contribution < -0.4 is 5.73 Å². The molecule has 1 heterocycles. The van der Waals surface area contributed by atoms with Gasteiger partial charge >= 0.3 is 5.97 Å². The number of carboxylic acids is 1. The Kier molecular flexibility index (Phi) is 3.09. The van der Waals surface area contributed by atoms with E-state index < -0.39 is 12.0 Å². The van der Waals surface area contributed by atoms with Crippen LogP contribution in [0.1, 0.15) is 11.1 Å². The fraction of sp³-hybridized carbons (Fsp3) is 0.250. The number of carbonyl (C=O) groups is 1. The summed E-state index contributed by atoms with van der Waals surface area (Å²) in [6, 6.07) is 2.80. The Hall–Kier alpha value is -1.52. The summed E-state index contributed by atoms with van der Waals surface area (Å²) in [5, 5.41) is 10.5. The molecule has 1 atom stereocenters. The molecule has 0 aliphatic heterocycles. The molecule has 0 fully saturated rings. The minimum Gasteiger partial charge on any atom is -0.480 e. The molecule has 0 bridgehead atoms. The maximum absolute atomic E-state index is 10.8. The molecule has 2 aromatic rings. The van der Waals surface area contributed by atoms with Gasteiger partial charge in [-0.1, -0.05) is 11.6 Å². The number of hydrogen-bond acceptors (Lipinski definition) is 2. The highest BCUT2D eigenvalue weighted by Gasteiger charge is 2.16. The van der Waals surface area contributed by atoms with Crippen LogP contribution in [0.3, 0.4) is 0 Å². The van der Waals surface area contributed by atoms with Crippen molar-refractivity contribution in [1.29, 1.82) is 0 Å². The van der Waals surface area contributed by atoms with Crippen molar-refractivity contribution in [1.82, 2.24) is 4.98 Å². The van der Waals surface area contributed by atoms with Gasteiger partial charge in [0.2, 0.25) is 0 Å². The number of nitrogens with one attached hydrogen (secondary N) is 1. The van der Waals surface area contributed by atoms with Crippen molar-refractivity contribution in [2.24, 2.45) is 5.73 Å². The van der Waals surface area contributed by atoms with Gasteiger partial charge in [-0.3, -0.25) is 4.79 Å². The third-order valence-corrected chi connectivity index (χ3v) is 3.29. The smallest absolute Gasteiger partial charge is 0.320 e. The van der Waals surface area contributed by atoms with Crippen molar-refractivity contribution < 1.29 is 9.90 Å². The zero-order chi connectivity index (χ0) is 12.6. The first-order valence-corrected chi connectivity index (χ1v) is 5.62. The summed E-state index contributed by atoms with van der Waals surface area (Å²) in [7, 11) is 0. The van der Waals surface area contributed by atoms with Crippen LogP contribution in [0.4, 0.5) is 0 Å². The summed E-state index contributed by atoms with van der Waals surface area (Å²) >= 11 is 6.05. The third-order valence-electron chi connectivity index (χ3n) is 2.88. The first kappa shape index (κ1) is 12.0. The Labute approximate surface area is 103 Å². The Balaban J connectivity index is 2.48. The lowest BCUT2D eigenvalue weighted by atomic mass is 10.0. The topological polar surface area (TPSA) is 79.1 Å².